The Morgan fingerprint density at radius 2 is 2.36 bits per heavy atom. The second-order valence-electron chi connectivity index (χ2n) is 2.58. The van der Waals surface area contributed by atoms with E-state index in [-0.39, 0.29) is 24.6 Å². The second kappa shape index (κ2) is 2.11. The fraction of sp³-hybridized carbons (Fsp3) is 0.667. The van der Waals surface area contributed by atoms with Crippen molar-refractivity contribution in [1.82, 2.24) is 10.2 Å². The third-order valence-corrected chi connectivity index (χ3v) is 1.93. The lowest BCUT2D eigenvalue weighted by Crippen LogP contribution is -2.53. The van der Waals surface area contributed by atoms with E-state index in [0.717, 1.165) is 0 Å². The lowest BCUT2D eigenvalue weighted by Gasteiger charge is -2.25. The van der Waals surface area contributed by atoms with Crippen LogP contribution in [0.25, 0.3) is 0 Å². The van der Waals surface area contributed by atoms with Crippen LogP contribution in [-0.4, -0.2) is 42.6 Å². The summed E-state index contributed by atoms with van der Waals surface area (Å²) < 4.78 is 4.70. The van der Waals surface area contributed by atoms with Crippen LogP contribution in [0.15, 0.2) is 0 Å². The first kappa shape index (κ1) is 6.45. The van der Waals surface area contributed by atoms with Crippen LogP contribution in [0, 0.1) is 0 Å². The summed E-state index contributed by atoms with van der Waals surface area (Å²) in [6.45, 7) is 1.30. The van der Waals surface area contributed by atoms with Gasteiger partial charge in [-0.3, -0.25) is 9.69 Å². The van der Waals surface area contributed by atoms with Gasteiger partial charge in [0.25, 0.3) is 0 Å². The van der Waals surface area contributed by atoms with E-state index >= 15 is 0 Å². The average Bonchev–Trinajstić information content (AvgIpc) is 2.35. The van der Waals surface area contributed by atoms with E-state index in [0.29, 0.717) is 13.1 Å². The maximum atomic E-state index is 11.0. The Balaban J connectivity index is 2.19. The van der Waals surface area contributed by atoms with Crippen molar-refractivity contribution in [3.8, 4) is 0 Å². The van der Waals surface area contributed by atoms with E-state index in [1.807, 2.05) is 0 Å². The minimum absolute atomic E-state index is 0.109. The summed E-state index contributed by atoms with van der Waals surface area (Å²) in [5.74, 6) is -0.109. The van der Waals surface area contributed by atoms with E-state index in [9.17, 15) is 9.59 Å². The number of fused-ring (bicyclic) bond motifs is 1. The maximum Gasteiger partial charge on any atom is 0.410 e. The third-order valence-electron chi connectivity index (χ3n) is 1.93. The molecule has 1 atom stereocenters. The largest absolute Gasteiger partial charge is 0.447 e. The lowest BCUT2D eigenvalue weighted by molar-refractivity contribution is -0.126. The molecule has 0 aromatic carbocycles. The molecule has 0 bridgehead atoms. The minimum atomic E-state index is -0.378. The molecule has 1 N–H and O–H groups in total. The molecule has 1 unspecified atom stereocenters. The standard InChI is InChI=1S/C6H8N2O3/c9-5-4-3-11-6(10)8(4)2-1-7-5/h4H,1-3H2,(H,7,9). The molecule has 2 amide bonds. The summed E-state index contributed by atoms with van der Waals surface area (Å²) in [4.78, 5) is 23.4. The molecular weight excluding hydrogens is 148 g/mol. The predicted molar refractivity (Wildman–Crippen MR) is 34.9 cm³/mol. The first-order chi connectivity index (χ1) is 5.29. The van der Waals surface area contributed by atoms with Gasteiger partial charge in [-0.25, -0.2) is 4.79 Å². The Morgan fingerprint density at radius 1 is 1.55 bits per heavy atom. The monoisotopic (exact) mass is 156 g/mol. The number of hydrogen-bond donors (Lipinski definition) is 1. The zero-order valence-corrected chi connectivity index (χ0v) is 5.87. The normalized spacial score (nSPS) is 29.5. The highest BCUT2D eigenvalue weighted by atomic mass is 16.6. The molecule has 11 heavy (non-hydrogen) atoms. The van der Waals surface area contributed by atoms with Crippen molar-refractivity contribution < 1.29 is 14.3 Å². The summed E-state index contributed by atoms with van der Waals surface area (Å²) in [6, 6.07) is -0.378. The molecule has 0 aromatic heterocycles. The van der Waals surface area contributed by atoms with E-state index in [1.165, 1.54) is 4.90 Å². The average molecular weight is 156 g/mol. The van der Waals surface area contributed by atoms with Crippen LogP contribution in [-0.2, 0) is 9.53 Å². The molecule has 2 heterocycles. The molecule has 0 saturated carbocycles. The van der Waals surface area contributed by atoms with E-state index in [2.05, 4.69) is 5.32 Å². The van der Waals surface area contributed by atoms with E-state index in [4.69, 9.17) is 4.74 Å². The number of nitrogens with one attached hydrogen (secondary N) is 1. The smallest absolute Gasteiger partial charge is 0.410 e. The van der Waals surface area contributed by atoms with Crippen LogP contribution < -0.4 is 5.32 Å². The molecule has 60 valence electrons. The van der Waals surface area contributed by atoms with Gasteiger partial charge in [0.1, 0.15) is 12.6 Å². The molecule has 0 spiro atoms. The van der Waals surface area contributed by atoms with Gasteiger partial charge in [-0.2, -0.15) is 0 Å². The van der Waals surface area contributed by atoms with Gasteiger partial charge in [0.15, 0.2) is 0 Å². The summed E-state index contributed by atoms with van der Waals surface area (Å²) >= 11 is 0. The van der Waals surface area contributed by atoms with Crippen LogP contribution in [0.2, 0.25) is 0 Å². The zero-order chi connectivity index (χ0) is 7.84. The van der Waals surface area contributed by atoms with Crippen molar-refractivity contribution in [3.05, 3.63) is 0 Å². The van der Waals surface area contributed by atoms with Gasteiger partial charge < -0.3 is 10.1 Å². The van der Waals surface area contributed by atoms with Gasteiger partial charge >= 0.3 is 6.09 Å². The number of amides is 2. The molecule has 0 radical (unpaired) electrons. The van der Waals surface area contributed by atoms with Gasteiger partial charge in [-0.15, -0.1) is 0 Å². The van der Waals surface area contributed by atoms with Crippen molar-refractivity contribution in [1.29, 1.82) is 0 Å². The summed E-state index contributed by atoms with van der Waals surface area (Å²) in [5.41, 5.74) is 0. The molecule has 0 aromatic rings. The number of ether oxygens (including phenoxy) is 1. The number of carbonyl (C=O) groups is 2. The zero-order valence-electron chi connectivity index (χ0n) is 5.87. The molecule has 0 aliphatic carbocycles. The van der Waals surface area contributed by atoms with Crippen LogP contribution in [0.4, 0.5) is 4.79 Å². The van der Waals surface area contributed by atoms with Crippen molar-refractivity contribution in [2.24, 2.45) is 0 Å². The quantitative estimate of drug-likeness (QED) is 0.486. The third kappa shape index (κ3) is 0.840. The fourth-order valence-corrected chi connectivity index (χ4v) is 1.33. The van der Waals surface area contributed by atoms with Crippen molar-refractivity contribution in [2.75, 3.05) is 19.7 Å². The molecule has 5 heteroatoms. The molecular formula is C6H8N2O3. The molecule has 2 aliphatic rings. The Labute approximate surface area is 63.3 Å². The number of rotatable bonds is 0. The predicted octanol–water partition coefficient (Wildman–Crippen LogP) is -1.06. The minimum Gasteiger partial charge on any atom is -0.447 e. The van der Waals surface area contributed by atoms with Crippen LogP contribution >= 0.6 is 0 Å². The van der Waals surface area contributed by atoms with Gasteiger partial charge in [0, 0.05) is 13.1 Å². The molecule has 2 aliphatic heterocycles. The highest BCUT2D eigenvalue weighted by Gasteiger charge is 2.39. The number of piperazine rings is 1. The van der Waals surface area contributed by atoms with E-state index in [1.54, 1.807) is 0 Å². The second-order valence-corrected chi connectivity index (χ2v) is 2.58. The highest BCUT2D eigenvalue weighted by molar-refractivity contribution is 5.88. The van der Waals surface area contributed by atoms with Crippen LogP contribution in [0.5, 0.6) is 0 Å². The van der Waals surface area contributed by atoms with Crippen molar-refractivity contribution in [2.45, 2.75) is 6.04 Å². The first-order valence-electron chi connectivity index (χ1n) is 3.50. The number of cyclic esters (lactones) is 1. The van der Waals surface area contributed by atoms with Gasteiger partial charge in [-0.05, 0) is 0 Å². The lowest BCUT2D eigenvalue weighted by atomic mass is 10.2. The Bertz CT molecular complexity index is 216. The van der Waals surface area contributed by atoms with Crippen molar-refractivity contribution in [3.63, 3.8) is 0 Å². The Hall–Kier alpha value is -1.26. The summed E-state index contributed by atoms with van der Waals surface area (Å²) in [7, 11) is 0. The van der Waals surface area contributed by atoms with Crippen LogP contribution in [0.1, 0.15) is 0 Å². The van der Waals surface area contributed by atoms with Crippen molar-refractivity contribution >= 4 is 12.0 Å². The number of carbonyl (C=O) groups excluding carboxylic acids is 2. The SMILES string of the molecule is O=C1NCCN2C(=O)OCC12. The Morgan fingerprint density at radius 3 is 3.09 bits per heavy atom. The number of nitrogens with zero attached hydrogens (tertiary/aromatic N) is 1. The topological polar surface area (TPSA) is 58.6 Å². The number of hydrogen-bond acceptors (Lipinski definition) is 3. The highest BCUT2D eigenvalue weighted by Crippen LogP contribution is 2.13. The van der Waals surface area contributed by atoms with Gasteiger partial charge in [0.05, 0.1) is 0 Å². The van der Waals surface area contributed by atoms with Crippen LogP contribution in [0.3, 0.4) is 0 Å². The first-order valence-corrected chi connectivity index (χ1v) is 3.50. The molecule has 5 nitrogen and oxygen atoms in total. The molecule has 2 saturated heterocycles. The summed E-state index contributed by atoms with van der Waals surface area (Å²) in [6.07, 6.45) is -0.371. The fourth-order valence-electron chi connectivity index (χ4n) is 1.33. The Kier molecular flexibility index (Phi) is 1.24. The maximum absolute atomic E-state index is 11.0. The molecule has 2 fully saturated rings. The van der Waals surface area contributed by atoms with Gasteiger partial charge in [0.2, 0.25) is 5.91 Å². The van der Waals surface area contributed by atoms with E-state index < -0.39 is 0 Å². The van der Waals surface area contributed by atoms with Gasteiger partial charge in [-0.1, -0.05) is 0 Å². The summed E-state index contributed by atoms with van der Waals surface area (Å²) in [5, 5.41) is 2.66. The molecule has 2 rings (SSSR count).